The number of hydrogen-bond acceptors (Lipinski definition) is 3. The Morgan fingerprint density at radius 2 is 2.10 bits per heavy atom. The maximum atomic E-state index is 11.4. The lowest BCUT2D eigenvalue weighted by atomic mass is 10.2. The van der Waals surface area contributed by atoms with Gasteiger partial charge >= 0.3 is 0 Å². The predicted molar refractivity (Wildman–Crippen MR) is 81.8 cm³/mol. The zero-order valence-electron chi connectivity index (χ0n) is 11.0. The zero-order chi connectivity index (χ0) is 15.4. The Bertz CT molecular complexity index is 757. The third kappa shape index (κ3) is 3.46. The van der Waals surface area contributed by atoms with Crippen molar-refractivity contribution in [1.82, 2.24) is 5.32 Å². The van der Waals surface area contributed by atoms with Crippen molar-refractivity contribution in [3.8, 4) is 17.4 Å². The van der Waals surface area contributed by atoms with E-state index in [1.165, 1.54) is 13.1 Å². The van der Waals surface area contributed by atoms with E-state index in [1.54, 1.807) is 30.3 Å². The van der Waals surface area contributed by atoms with Crippen LogP contribution >= 0.6 is 23.2 Å². The molecule has 1 heterocycles. The van der Waals surface area contributed by atoms with Crippen LogP contribution in [0.5, 0.6) is 0 Å². The molecule has 1 N–H and O–H groups in total. The summed E-state index contributed by atoms with van der Waals surface area (Å²) in [6.07, 6.45) is 1.36. The van der Waals surface area contributed by atoms with Crippen molar-refractivity contribution in [1.29, 1.82) is 5.26 Å². The number of nitrogens with one attached hydrogen (secondary N) is 1. The maximum absolute atomic E-state index is 11.4. The van der Waals surface area contributed by atoms with Gasteiger partial charge in [0.2, 0.25) is 0 Å². The largest absolute Gasteiger partial charge is 0.457 e. The number of hydrogen-bond donors (Lipinski definition) is 1. The first-order chi connectivity index (χ1) is 10.0. The van der Waals surface area contributed by atoms with Gasteiger partial charge in [-0.15, -0.1) is 0 Å². The summed E-state index contributed by atoms with van der Waals surface area (Å²) < 4.78 is 5.58. The average Bonchev–Trinajstić information content (AvgIpc) is 2.94. The molecule has 0 radical (unpaired) electrons. The minimum atomic E-state index is -0.476. The first-order valence-corrected chi connectivity index (χ1v) is 6.70. The standard InChI is InChI=1S/C15H10Cl2N2O2/c1-19-15(20)9(8-18)6-11-3-5-14(21-11)12-7-10(16)2-4-13(12)17/h2-7H,1H3,(H,19,20)/b9-6-. The monoisotopic (exact) mass is 320 g/mol. The highest BCUT2D eigenvalue weighted by atomic mass is 35.5. The molecule has 0 atom stereocenters. The average molecular weight is 321 g/mol. The summed E-state index contributed by atoms with van der Waals surface area (Å²) in [5.74, 6) is 0.403. The fourth-order valence-corrected chi connectivity index (χ4v) is 2.07. The van der Waals surface area contributed by atoms with Gasteiger partial charge in [0.25, 0.3) is 5.91 Å². The van der Waals surface area contributed by atoms with E-state index in [2.05, 4.69) is 5.32 Å². The Hall–Kier alpha value is -2.22. The van der Waals surface area contributed by atoms with Crippen molar-refractivity contribution >= 4 is 35.2 Å². The molecule has 1 amide bonds. The molecule has 0 unspecified atom stereocenters. The van der Waals surface area contributed by atoms with Crippen LogP contribution in [0.2, 0.25) is 10.0 Å². The van der Waals surface area contributed by atoms with Crippen LogP contribution in [0.4, 0.5) is 0 Å². The molecule has 21 heavy (non-hydrogen) atoms. The number of carbonyl (C=O) groups is 1. The van der Waals surface area contributed by atoms with Crippen LogP contribution in [0.1, 0.15) is 5.76 Å². The fourth-order valence-electron chi connectivity index (χ4n) is 1.69. The summed E-state index contributed by atoms with van der Waals surface area (Å²) in [6.45, 7) is 0. The molecule has 0 spiro atoms. The maximum Gasteiger partial charge on any atom is 0.261 e. The van der Waals surface area contributed by atoms with Crippen LogP contribution < -0.4 is 5.32 Å². The lowest BCUT2D eigenvalue weighted by Gasteiger charge is -2.01. The molecule has 0 bridgehead atoms. The third-order valence-corrected chi connectivity index (χ3v) is 3.26. The van der Waals surface area contributed by atoms with E-state index in [9.17, 15) is 4.79 Å². The van der Waals surface area contributed by atoms with Crippen molar-refractivity contribution in [2.45, 2.75) is 0 Å². The number of nitriles is 1. The van der Waals surface area contributed by atoms with E-state index in [1.807, 2.05) is 6.07 Å². The molecule has 0 fully saturated rings. The summed E-state index contributed by atoms with van der Waals surface area (Å²) in [5, 5.41) is 12.3. The highest BCUT2D eigenvalue weighted by molar-refractivity contribution is 6.35. The Morgan fingerprint density at radius 3 is 2.76 bits per heavy atom. The van der Waals surface area contributed by atoms with E-state index >= 15 is 0 Å². The molecule has 1 aromatic heterocycles. The van der Waals surface area contributed by atoms with Gasteiger partial charge in [0.05, 0.1) is 5.02 Å². The molecule has 2 rings (SSSR count). The molecular weight excluding hydrogens is 311 g/mol. The number of nitrogens with zero attached hydrogens (tertiary/aromatic N) is 1. The van der Waals surface area contributed by atoms with E-state index in [0.717, 1.165) is 0 Å². The van der Waals surface area contributed by atoms with E-state index in [4.69, 9.17) is 32.9 Å². The number of likely N-dealkylation sites (N-methyl/N-ethyl adjacent to an activating group) is 1. The summed E-state index contributed by atoms with van der Waals surface area (Å²) in [7, 11) is 1.45. The zero-order valence-corrected chi connectivity index (χ0v) is 12.5. The fraction of sp³-hybridized carbons (Fsp3) is 0.0667. The number of halogens is 2. The normalized spacial score (nSPS) is 11.0. The number of benzene rings is 1. The Morgan fingerprint density at radius 1 is 1.33 bits per heavy atom. The van der Waals surface area contributed by atoms with Gasteiger partial charge < -0.3 is 9.73 Å². The molecule has 0 aliphatic carbocycles. The van der Waals surface area contributed by atoms with Gasteiger partial charge in [-0.1, -0.05) is 23.2 Å². The molecule has 0 saturated carbocycles. The predicted octanol–water partition coefficient (Wildman–Crippen LogP) is 3.91. The minimum Gasteiger partial charge on any atom is -0.457 e. The molecule has 0 saturated heterocycles. The van der Waals surface area contributed by atoms with Gasteiger partial charge in [-0.3, -0.25) is 4.79 Å². The first kappa shape index (κ1) is 15.2. The van der Waals surface area contributed by atoms with Crippen LogP contribution in [0.3, 0.4) is 0 Å². The summed E-state index contributed by atoms with van der Waals surface area (Å²) in [4.78, 5) is 11.4. The van der Waals surface area contributed by atoms with Gasteiger partial charge in [-0.05, 0) is 30.3 Å². The number of amides is 1. The second-order valence-electron chi connectivity index (χ2n) is 4.08. The molecule has 2 aromatic rings. The van der Waals surface area contributed by atoms with Gasteiger partial charge in [0.1, 0.15) is 23.2 Å². The Kier molecular flexibility index (Phi) is 4.69. The van der Waals surface area contributed by atoms with Crippen molar-refractivity contribution in [2.24, 2.45) is 0 Å². The van der Waals surface area contributed by atoms with Crippen LogP contribution in [0.15, 0.2) is 40.3 Å². The lowest BCUT2D eigenvalue weighted by molar-refractivity contribution is -0.116. The van der Waals surface area contributed by atoms with Gasteiger partial charge in [-0.25, -0.2) is 0 Å². The van der Waals surface area contributed by atoms with Crippen molar-refractivity contribution in [3.05, 3.63) is 51.7 Å². The van der Waals surface area contributed by atoms with Gasteiger partial charge in [0.15, 0.2) is 0 Å². The second-order valence-corrected chi connectivity index (χ2v) is 4.92. The summed E-state index contributed by atoms with van der Waals surface area (Å²) in [5.41, 5.74) is 0.595. The third-order valence-electron chi connectivity index (χ3n) is 2.70. The quantitative estimate of drug-likeness (QED) is 0.688. The first-order valence-electron chi connectivity index (χ1n) is 5.94. The second kappa shape index (κ2) is 6.49. The number of furan rings is 1. The minimum absolute atomic E-state index is 0.0457. The Balaban J connectivity index is 2.39. The molecular formula is C15H10Cl2N2O2. The SMILES string of the molecule is CNC(=O)/C(C#N)=C\c1ccc(-c2cc(Cl)ccc2Cl)o1. The van der Waals surface area contributed by atoms with E-state index < -0.39 is 5.91 Å². The Labute approximate surface area is 131 Å². The molecule has 0 aliphatic rings. The van der Waals surface area contributed by atoms with Gasteiger partial charge in [0, 0.05) is 23.7 Å². The van der Waals surface area contributed by atoms with Crippen molar-refractivity contribution in [2.75, 3.05) is 7.05 Å². The highest BCUT2D eigenvalue weighted by Crippen LogP contribution is 2.32. The topological polar surface area (TPSA) is 66.0 Å². The molecule has 1 aromatic carbocycles. The van der Waals surface area contributed by atoms with Gasteiger partial charge in [-0.2, -0.15) is 5.26 Å². The molecule has 0 aliphatic heterocycles. The molecule has 106 valence electrons. The highest BCUT2D eigenvalue weighted by Gasteiger charge is 2.11. The van der Waals surface area contributed by atoms with Crippen molar-refractivity contribution < 1.29 is 9.21 Å². The summed E-state index contributed by atoms with van der Waals surface area (Å²) >= 11 is 12.0. The smallest absolute Gasteiger partial charge is 0.261 e. The lowest BCUT2D eigenvalue weighted by Crippen LogP contribution is -2.18. The summed E-state index contributed by atoms with van der Waals surface area (Å²) in [6, 6.07) is 10.2. The number of rotatable bonds is 3. The van der Waals surface area contributed by atoms with Crippen LogP contribution in [0.25, 0.3) is 17.4 Å². The van der Waals surface area contributed by atoms with Crippen LogP contribution in [-0.4, -0.2) is 13.0 Å². The molecule has 4 nitrogen and oxygen atoms in total. The van der Waals surface area contributed by atoms with Crippen LogP contribution in [-0.2, 0) is 4.79 Å². The molecule has 6 heteroatoms. The number of carbonyl (C=O) groups excluding carboxylic acids is 1. The van der Waals surface area contributed by atoms with E-state index in [-0.39, 0.29) is 5.57 Å². The van der Waals surface area contributed by atoms with E-state index in [0.29, 0.717) is 27.1 Å². The van der Waals surface area contributed by atoms with Crippen LogP contribution in [0, 0.1) is 11.3 Å². The van der Waals surface area contributed by atoms with Crippen molar-refractivity contribution in [3.63, 3.8) is 0 Å².